The molecule has 0 unspecified atom stereocenters. The van der Waals surface area contributed by atoms with E-state index in [1.54, 1.807) is 62.2 Å². The molecule has 12 aromatic rings. The van der Waals surface area contributed by atoms with Crippen molar-refractivity contribution in [2.45, 2.75) is 68.2 Å². The zero-order valence-corrected chi connectivity index (χ0v) is 58.9. The maximum atomic E-state index is 13.6. The van der Waals surface area contributed by atoms with Crippen LogP contribution in [0.25, 0.3) is 86.2 Å². The molecule has 0 bridgehead atoms. The molecule has 2 saturated heterocycles. The largest absolute Gasteiger partial charge is 0.488 e. The number of hydrogen-bond donors (Lipinski definition) is 3. The summed E-state index contributed by atoms with van der Waals surface area (Å²) >= 11 is 11.9. The van der Waals surface area contributed by atoms with Crippen molar-refractivity contribution in [3.63, 3.8) is 0 Å². The van der Waals surface area contributed by atoms with Gasteiger partial charge in [0.05, 0.1) is 19.7 Å². The first-order valence-corrected chi connectivity index (χ1v) is 34.2. The minimum atomic E-state index is -1.45. The number of aromatic nitrogens is 3. The minimum Gasteiger partial charge on any atom is -0.423 e. The smallest absolute Gasteiger partial charge is 0.423 e. The van der Waals surface area contributed by atoms with Crippen LogP contribution in [0.1, 0.15) is 62.8 Å². The van der Waals surface area contributed by atoms with Crippen molar-refractivity contribution in [3.05, 3.63) is 316 Å². The molecule has 0 aliphatic carbocycles. The summed E-state index contributed by atoms with van der Waals surface area (Å²) in [6, 6.07) is 61.5. The molecule has 9 aromatic carbocycles. The molecule has 0 amide bonds. The Balaban J connectivity index is 0.000000146. The van der Waals surface area contributed by atoms with Gasteiger partial charge < -0.3 is 20.3 Å². The number of piperidine rings is 2. The first kappa shape index (κ1) is 72.2. The average molecular weight is 1360 g/mol. The Bertz CT molecular complexity index is 5190. The van der Waals surface area contributed by atoms with Crippen LogP contribution in [0.5, 0.6) is 0 Å². The highest BCUT2D eigenvalue weighted by Gasteiger charge is 2.23. The van der Waals surface area contributed by atoms with Crippen molar-refractivity contribution in [2.75, 3.05) is 31.1 Å². The van der Waals surface area contributed by atoms with Gasteiger partial charge in [0.25, 0.3) is 16.7 Å². The van der Waals surface area contributed by atoms with Crippen LogP contribution in [0.3, 0.4) is 0 Å². The maximum absolute atomic E-state index is 13.6. The van der Waals surface area contributed by atoms with Gasteiger partial charge in [-0.1, -0.05) is 160 Å². The highest BCUT2D eigenvalue weighted by atomic mass is 35.5. The van der Waals surface area contributed by atoms with Crippen LogP contribution in [0.4, 0.5) is 22.7 Å². The van der Waals surface area contributed by atoms with Crippen LogP contribution in [-0.4, -0.2) is 57.0 Å². The maximum Gasteiger partial charge on any atom is 0.488 e. The molecular formula is C84H79BCl2N8O5. The molecule has 0 radical (unpaired) electrons. The number of nitrogens with one attached hydrogen (secondary N) is 1. The quantitative estimate of drug-likeness (QED) is 0.107. The van der Waals surface area contributed by atoms with Gasteiger partial charge in [-0.15, -0.1) is 0 Å². The molecule has 5 heterocycles. The van der Waals surface area contributed by atoms with E-state index in [4.69, 9.17) is 53.0 Å². The number of halogens is 2. The Morgan fingerprint density at radius 1 is 0.410 bits per heavy atom. The third-order valence-electron chi connectivity index (χ3n) is 18.2. The van der Waals surface area contributed by atoms with Crippen LogP contribution in [0.15, 0.2) is 233 Å². The molecular weight excluding hydrogens is 1280 g/mol. The molecule has 4 atom stereocenters. The summed E-state index contributed by atoms with van der Waals surface area (Å²) in [7, 11) is -1.45. The minimum absolute atomic E-state index is 0.00313. The van der Waals surface area contributed by atoms with Crippen LogP contribution >= 0.6 is 23.2 Å². The standard InChI is InChI=1S/C30H29N3O.C23H15ClN2O.C17H14ClNO.C7H6BNO2.C7H15N/c1-20-16-21(2)18-32(17-20)25-12-14-26(15-13-25)33-19-22(3)29-27(6-5-7-28(29)30(33)34)23-8-10-24(31-4)11-9-23;1-15-14-26(19-12-8-17(24)9-13-19)23(27)21-5-3-4-20(22(15)21)16-6-10-18(25-2)11-7-16;1-11-4-3-5-15-16(11)12(2)10-19(17(15)20)14-8-6-13(18)7-9-14;1-9-7-4-2-6(3-5-7)8(10)11;1-6-3-7(2)5-8-4-6/h5-15,19-21H,16-18H2,1-3H3;3-14H,1H3;3-10H,1-2H3;2-5,10-11H;6-8H,3-5H2,1-2H3/t20-,21-;;;;6-,7-/m1...1/s1. The van der Waals surface area contributed by atoms with Gasteiger partial charge in [-0.25, -0.2) is 14.5 Å². The van der Waals surface area contributed by atoms with Crippen molar-refractivity contribution in [1.82, 2.24) is 19.0 Å². The number of fused-ring (bicyclic) bond motifs is 3. The fraction of sp³-hybridized carbons (Fsp3) is 0.214. The third kappa shape index (κ3) is 17.1. The topological polar surface area (TPSA) is 135 Å². The SMILES string of the molecule is C[C@H]1CNC[C@H](C)C1.Cc1cccc2c(=O)n(-c3ccc(Cl)cc3)cc(C)c12.[C-]#[N+]c1ccc(-c2cccc3c(=O)n(-c4ccc(Cl)cc4)cc(C)c23)cc1.[C-]#[N+]c1ccc(-c2cccc3c(=O)n(-c4ccc(N5C[C@H](C)C[C@@H](C)C5)cc4)cc(C)c23)cc1.[C-]#[N+]c1ccc(B(O)O)cc1. The van der Waals surface area contributed by atoms with Crippen LogP contribution < -0.4 is 32.4 Å². The number of rotatable bonds is 7. The fourth-order valence-electron chi connectivity index (χ4n) is 13.6. The lowest BCUT2D eigenvalue weighted by Crippen LogP contribution is -2.38. The monoisotopic (exact) mass is 1360 g/mol. The summed E-state index contributed by atoms with van der Waals surface area (Å²) in [4.78, 5) is 51.9. The number of aryl methyl sites for hydroxylation is 4. The van der Waals surface area contributed by atoms with Gasteiger partial charge in [-0.05, 0) is 234 Å². The lowest BCUT2D eigenvalue weighted by atomic mass is 9.80. The van der Waals surface area contributed by atoms with Gasteiger partial charge in [-0.2, -0.15) is 0 Å². The molecule has 0 spiro atoms. The summed E-state index contributed by atoms with van der Waals surface area (Å²) in [5, 5.41) is 27.1. The number of pyridine rings is 3. The predicted molar refractivity (Wildman–Crippen MR) is 415 cm³/mol. The molecule has 3 aromatic heterocycles. The molecule has 14 rings (SSSR count). The highest BCUT2D eigenvalue weighted by Crippen LogP contribution is 2.35. The Labute approximate surface area is 595 Å². The Kier molecular flexibility index (Phi) is 23.7. The zero-order chi connectivity index (χ0) is 71.3. The van der Waals surface area contributed by atoms with Gasteiger partial charge in [0.2, 0.25) is 0 Å². The van der Waals surface area contributed by atoms with Crippen LogP contribution in [0.2, 0.25) is 10.0 Å². The van der Waals surface area contributed by atoms with E-state index < -0.39 is 7.12 Å². The molecule has 3 N–H and O–H groups in total. The van der Waals surface area contributed by atoms with Crippen molar-refractivity contribution in [2.24, 2.45) is 23.7 Å². The molecule has 2 aliphatic heterocycles. The highest BCUT2D eigenvalue weighted by molar-refractivity contribution is 6.58. The third-order valence-corrected chi connectivity index (χ3v) is 18.7. The van der Waals surface area contributed by atoms with E-state index in [1.807, 2.05) is 155 Å². The summed E-state index contributed by atoms with van der Waals surface area (Å²) < 4.78 is 5.09. The summed E-state index contributed by atoms with van der Waals surface area (Å²) in [6.45, 7) is 42.9. The van der Waals surface area contributed by atoms with Crippen molar-refractivity contribution < 1.29 is 10.0 Å². The summed E-state index contributed by atoms with van der Waals surface area (Å²) in [5.74, 6) is 3.19. The summed E-state index contributed by atoms with van der Waals surface area (Å²) in [5.41, 5.74) is 14.0. The summed E-state index contributed by atoms with van der Waals surface area (Å²) in [6.07, 6.45) is 8.40. The second-order valence-corrected chi connectivity index (χ2v) is 27.1. The molecule has 13 nitrogen and oxygen atoms in total. The Morgan fingerprint density at radius 2 is 0.740 bits per heavy atom. The van der Waals surface area contributed by atoms with Gasteiger partial charge in [0.15, 0.2) is 17.1 Å². The molecule has 2 aliphatic rings. The van der Waals surface area contributed by atoms with Gasteiger partial charge in [0, 0.05) is 80.6 Å². The van der Waals surface area contributed by atoms with E-state index in [2.05, 4.69) is 83.6 Å². The van der Waals surface area contributed by atoms with Crippen molar-refractivity contribution >= 4 is 90.8 Å². The van der Waals surface area contributed by atoms with Crippen molar-refractivity contribution in [3.8, 4) is 39.3 Å². The number of nitrogens with zero attached hydrogens (tertiary/aromatic N) is 7. The zero-order valence-electron chi connectivity index (χ0n) is 57.4. The van der Waals surface area contributed by atoms with Gasteiger partial charge >= 0.3 is 7.12 Å². The second-order valence-electron chi connectivity index (χ2n) is 26.2. The van der Waals surface area contributed by atoms with E-state index in [-0.39, 0.29) is 16.7 Å². The molecule has 2 fully saturated rings. The lowest BCUT2D eigenvalue weighted by Gasteiger charge is -2.36. The first-order chi connectivity index (χ1) is 48.1. The second kappa shape index (κ2) is 32.8. The lowest BCUT2D eigenvalue weighted by molar-refractivity contribution is 0.321. The van der Waals surface area contributed by atoms with E-state index in [9.17, 15) is 14.4 Å². The van der Waals surface area contributed by atoms with Gasteiger partial charge in [0.1, 0.15) is 0 Å². The van der Waals surface area contributed by atoms with Crippen LogP contribution in [0, 0.1) is 71.1 Å². The fourth-order valence-corrected chi connectivity index (χ4v) is 13.8. The van der Waals surface area contributed by atoms with E-state index in [1.165, 1.54) is 43.8 Å². The average Bonchev–Trinajstić information content (AvgIpc) is 0.773. The van der Waals surface area contributed by atoms with E-state index >= 15 is 0 Å². The molecule has 16 heteroatoms. The van der Waals surface area contributed by atoms with Crippen LogP contribution in [-0.2, 0) is 0 Å². The number of hydrogen-bond acceptors (Lipinski definition) is 7. The molecule has 100 heavy (non-hydrogen) atoms. The van der Waals surface area contributed by atoms with E-state index in [0.717, 1.165) is 108 Å². The van der Waals surface area contributed by atoms with E-state index in [0.29, 0.717) is 55.2 Å². The molecule has 0 saturated carbocycles. The van der Waals surface area contributed by atoms with Crippen molar-refractivity contribution in [1.29, 1.82) is 0 Å². The predicted octanol–water partition coefficient (Wildman–Crippen LogP) is 18.6. The normalized spacial score (nSPS) is 15.4. The first-order valence-electron chi connectivity index (χ1n) is 33.4. The Morgan fingerprint density at radius 3 is 1.10 bits per heavy atom. The molecule has 502 valence electrons. The Hall–Kier alpha value is -10.6. The number of benzene rings is 9. The van der Waals surface area contributed by atoms with Gasteiger partial charge in [-0.3, -0.25) is 28.1 Å². The number of anilines is 1.